The summed E-state index contributed by atoms with van der Waals surface area (Å²) in [5.74, 6) is 0.224. The van der Waals surface area contributed by atoms with E-state index >= 15 is 0 Å². The molecular formula is C26H22N2O. The maximum atomic E-state index is 12.7. The number of carbonyl (C=O) groups is 1. The molecule has 0 unspecified atom stereocenters. The van der Waals surface area contributed by atoms with E-state index in [4.69, 9.17) is 4.99 Å². The van der Waals surface area contributed by atoms with Crippen LogP contribution in [0.1, 0.15) is 44.6 Å². The van der Waals surface area contributed by atoms with Gasteiger partial charge in [0.1, 0.15) is 0 Å². The standard InChI is InChI=1S/C26H22N2O/c1-16-3-5-18(6-4-16)10-22-11-20-13-24-23(12-21(20)14-25(22)29)15-28-26(24)19-7-8-27-17(2)9-19/h3-9,11-13H,10,14-15H2,1-2H3. The van der Waals surface area contributed by atoms with Crippen molar-refractivity contribution in [3.8, 4) is 0 Å². The number of aliphatic imine (C=N–C) groups is 1. The van der Waals surface area contributed by atoms with E-state index < -0.39 is 0 Å². The number of Topliss-reactive ketones (excluding diaryl/α,β-unsaturated/α-hetero) is 1. The molecule has 29 heavy (non-hydrogen) atoms. The van der Waals surface area contributed by atoms with Crippen LogP contribution in [-0.2, 0) is 24.2 Å². The van der Waals surface area contributed by atoms with Gasteiger partial charge in [0.2, 0.25) is 0 Å². The lowest BCUT2D eigenvalue weighted by atomic mass is 9.85. The minimum atomic E-state index is 0.224. The Kier molecular flexibility index (Phi) is 4.24. The molecule has 142 valence electrons. The molecular weight excluding hydrogens is 356 g/mol. The molecule has 1 aliphatic carbocycles. The first-order chi connectivity index (χ1) is 14.1. The Labute approximate surface area is 170 Å². The van der Waals surface area contributed by atoms with Gasteiger partial charge in [-0.15, -0.1) is 0 Å². The highest BCUT2D eigenvalue weighted by atomic mass is 16.1. The minimum Gasteiger partial charge on any atom is -0.294 e. The molecule has 3 aromatic rings. The average Bonchev–Trinajstić information content (AvgIpc) is 3.11. The molecule has 2 aliphatic rings. The Morgan fingerprint density at radius 3 is 2.59 bits per heavy atom. The highest BCUT2D eigenvalue weighted by Gasteiger charge is 2.24. The molecule has 0 atom stereocenters. The highest BCUT2D eigenvalue weighted by Crippen LogP contribution is 2.31. The van der Waals surface area contributed by atoms with Crippen LogP contribution in [0.15, 0.2) is 65.3 Å². The summed E-state index contributed by atoms with van der Waals surface area (Å²) in [5, 5.41) is 0. The van der Waals surface area contributed by atoms with Gasteiger partial charge in [-0.1, -0.05) is 35.9 Å². The van der Waals surface area contributed by atoms with Crippen molar-refractivity contribution in [1.29, 1.82) is 0 Å². The molecule has 0 saturated carbocycles. The monoisotopic (exact) mass is 378 g/mol. The fourth-order valence-corrected chi connectivity index (χ4v) is 4.17. The van der Waals surface area contributed by atoms with Crippen molar-refractivity contribution >= 4 is 17.6 Å². The zero-order valence-electron chi connectivity index (χ0n) is 16.7. The number of hydrogen-bond acceptors (Lipinski definition) is 3. The normalized spacial score (nSPS) is 14.9. The van der Waals surface area contributed by atoms with E-state index in [9.17, 15) is 4.79 Å². The van der Waals surface area contributed by atoms with Crippen molar-refractivity contribution in [3.05, 3.63) is 105 Å². The van der Waals surface area contributed by atoms with Crippen LogP contribution in [0, 0.1) is 13.8 Å². The van der Waals surface area contributed by atoms with Crippen molar-refractivity contribution in [2.45, 2.75) is 33.2 Å². The van der Waals surface area contributed by atoms with Crippen LogP contribution in [0.5, 0.6) is 0 Å². The largest absolute Gasteiger partial charge is 0.294 e. The van der Waals surface area contributed by atoms with Gasteiger partial charge in [-0.2, -0.15) is 0 Å². The lowest BCUT2D eigenvalue weighted by molar-refractivity contribution is -0.115. The highest BCUT2D eigenvalue weighted by molar-refractivity contribution is 6.16. The third-order valence-electron chi connectivity index (χ3n) is 5.75. The van der Waals surface area contributed by atoms with Crippen LogP contribution >= 0.6 is 0 Å². The molecule has 3 nitrogen and oxygen atoms in total. The number of fused-ring (bicyclic) bond motifs is 2. The van der Waals surface area contributed by atoms with Gasteiger partial charge >= 0.3 is 0 Å². The Hall–Kier alpha value is -3.33. The SMILES string of the molecule is Cc1ccc(CC2=Cc3cc4c(cc3CC2=O)CN=C4c2ccnc(C)c2)cc1. The second-order valence-electron chi connectivity index (χ2n) is 7.99. The smallest absolute Gasteiger partial charge is 0.163 e. The number of ketones is 1. The van der Waals surface area contributed by atoms with Crippen LogP contribution in [0.25, 0.3) is 6.08 Å². The summed E-state index contributed by atoms with van der Waals surface area (Å²) in [6, 6.07) is 16.9. The fourth-order valence-electron chi connectivity index (χ4n) is 4.17. The number of carbonyl (C=O) groups excluding carboxylic acids is 1. The van der Waals surface area contributed by atoms with Crippen LogP contribution in [-0.4, -0.2) is 16.5 Å². The molecule has 0 radical (unpaired) electrons. The van der Waals surface area contributed by atoms with Crippen molar-refractivity contribution in [2.75, 3.05) is 0 Å². The number of benzene rings is 2. The first kappa shape index (κ1) is 17.7. The summed E-state index contributed by atoms with van der Waals surface area (Å²) in [7, 11) is 0. The summed E-state index contributed by atoms with van der Waals surface area (Å²) in [4.78, 5) is 21.8. The fraction of sp³-hybridized carbons (Fsp3) is 0.192. The molecule has 2 heterocycles. The number of aromatic nitrogens is 1. The number of nitrogens with zero attached hydrogens (tertiary/aromatic N) is 2. The second kappa shape index (κ2) is 6.93. The second-order valence-corrected chi connectivity index (χ2v) is 7.99. The van der Waals surface area contributed by atoms with Gasteiger partial charge in [-0.3, -0.25) is 14.8 Å². The molecule has 2 aromatic carbocycles. The Bertz CT molecular complexity index is 1200. The van der Waals surface area contributed by atoms with Crippen LogP contribution in [0.2, 0.25) is 0 Å². The van der Waals surface area contributed by atoms with E-state index in [-0.39, 0.29) is 5.78 Å². The Balaban J connectivity index is 1.51. The lowest BCUT2D eigenvalue weighted by Gasteiger charge is -2.18. The van der Waals surface area contributed by atoms with E-state index in [1.54, 1.807) is 0 Å². The third kappa shape index (κ3) is 3.33. The molecule has 1 aromatic heterocycles. The Morgan fingerprint density at radius 2 is 1.79 bits per heavy atom. The summed E-state index contributed by atoms with van der Waals surface area (Å²) in [6.45, 7) is 4.75. The van der Waals surface area contributed by atoms with E-state index in [1.807, 2.05) is 19.2 Å². The van der Waals surface area contributed by atoms with Crippen molar-refractivity contribution in [2.24, 2.45) is 4.99 Å². The predicted molar refractivity (Wildman–Crippen MR) is 116 cm³/mol. The number of pyridine rings is 1. The third-order valence-corrected chi connectivity index (χ3v) is 5.75. The average molecular weight is 378 g/mol. The van der Waals surface area contributed by atoms with E-state index in [0.29, 0.717) is 19.4 Å². The first-order valence-electron chi connectivity index (χ1n) is 10.00. The molecule has 0 amide bonds. The zero-order chi connectivity index (χ0) is 20.0. The topological polar surface area (TPSA) is 42.3 Å². The summed E-state index contributed by atoms with van der Waals surface area (Å²) in [5.41, 5.74) is 11.1. The lowest BCUT2D eigenvalue weighted by Crippen LogP contribution is -2.15. The quantitative estimate of drug-likeness (QED) is 0.657. The summed E-state index contributed by atoms with van der Waals surface area (Å²) >= 11 is 0. The molecule has 1 aliphatic heterocycles. The molecule has 0 N–H and O–H groups in total. The van der Waals surface area contributed by atoms with Crippen LogP contribution in [0.4, 0.5) is 0 Å². The van der Waals surface area contributed by atoms with E-state index in [1.165, 1.54) is 22.3 Å². The summed E-state index contributed by atoms with van der Waals surface area (Å²) < 4.78 is 0. The van der Waals surface area contributed by atoms with Gasteiger partial charge in [0.05, 0.1) is 12.3 Å². The summed E-state index contributed by atoms with van der Waals surface area (Å²) in [6.07, 6.45) is 5.07. The number of aryl methyl sites for hydroxylation is 2. The molecule has 0 fully saturated rings. The molecule has 5 rings (SSSR count). The first-order valence-corrected chi connectivity index (χ1v) is 10.00. The maximum absolute atomic E-state index is 12.7. The molecule has 3 heteroatoms. The van der Waals surface area contributed by atoms with Gasteiger partial charge in [0, 0.05) is 41.4 Å². The Morgan fingerprint density at radius 1 is 0.966 bits per heavy atom. The predicted octanol–water partition coefficient (Wildman–Crippen LogP) is 4.80. The van der Waals surface area contributed by atoms with Crippen molar-refractivity contribution in [1.82, 2.24) is 4.98 Å². The zero-order valence-corrected chi connectivity index (χ0v) is 16.7. The van der Waals surface area contributed by atoms with Gasteiger partial charge in [-0.25, -0.2) is 0 Å². The minimum absolute atomic E-state index is 0.224. The van der Waals surface area contributed by atoms with Crippen LogP contribution < -0.4 is 0 Å². The molecule has 0 saturated heterocycles. The van der Waals surface area contributed by atoms with Gasteiger partial charge in [-0.05, 0) is 60.4 Å². The number of rotatable bonds is 3. The van der Waals surface area contributed by atoms with E-state index in [0.717, 1.165) is 33.7 Å². The molecule has 0 bridgehead atoms. The van der Waals surface area contributed by atoms with Gasteiger partial charge < -0.3 is 0 Å². The number of allylic oxidation sites excluding steroid dienone is 1. The van der Waals surface area contributed by atoms with E-state index in [2.05, 4.69) is 60.4 Å². The van der Waals surface area contributed by atoms with Crippen LogP contribution in [0.3, 0.4) is 0 Å². The maximum Gasteiger partial charge on any atom is 0.163 e. The van der Waals surface area contributed by atoms with Crippen molar-refractivity contribution in [3.63, 3.8) is 0 Å². The molecule has 0 spiro atoms. The number of hydrogen-bond donors (Lipinski definition) is 0. The van der Waals surface area contributed by atoms with Crippen molar-refractivity contribution < 1.29 is 4.79 Å². The van der Waals surface area contributed by atoms with Gasteiger partial charge in [0.25, 0.3) is 0 Å². The van der Waals surface area contributed by atoms with Gasteiger partial charge in [0.15, 0.2) is 5.78 Å².